The van der Waals surface area contributed by atoms with E-state index >= 15 is 0 Å². The lowest BCUT2D eigenvalue weighted by Gasteiger charge is -2.09. The van der Waals surface area contributed by atoms with Gasteiger partial charge in [0.05, 0.1) is 5.92 Å². The zero-order valence-electron chi connectivity index (χ0n) is 5.22. The van der Waals surface area contributed by atoms with E-state index in [1.807, 2.05) is 0 Å². The molecule has 0 radical (unpaired) electrons. The lowest BCUT2D eigenvalue weighted by atomic mass is 10.1. The number of carboxylic acids is 1. The van der Waals surface area contributed by atoms with Crippen molar-refractivity contribution in [2.45, 2.75) is 19.5 Å². The maximum absolute atomic E-state index is 12.0. The SMILES string of the molecule is CC(C(=O)O)C(F)C(F)F. The molecule has 0 aliphatic heterocycles. The van der Waals surface area contributed by atoms with Crippen molar-refractivity contribution in [1.82, 2.24) is 0 Å². The van der Waals surface area contributed by atoms with Crippen LogP contribution in [-0.2, 0) is 4.79 Å². The van der Waals surface area contributed by atoms with Crippen LogP contribution in [0.1, 0.15) is 6.92 Å². The van der Waals surface area contributed by atoms with Crippen LogP contribution in [0.25, 0.3) is 0 Å². The number of carbonyl (C=O) groups is 1. The quantitative estimate of drug-likeness (QED) is 0.668. The van der Waals surface area contributed by atoms with Gasteiger partial charge in [0, 0.05) is 0 Å². The number of carboxylic acid groups (broad SMARTS) is 1. The smallest absolute Gasteiger partial charge is 0.309 e. The molecule has 0 rings (SSSR count). The monoisotopic (exact) mass is 156 g/mol. The van der Waals surface area contributed by atoms with E-state index < -0.39 is 24.5 Å². The first-order chi connectivity index (χ1) is 4.46. The van der Waals surface area contributed by atoms with Crippen LogP contribution in [0, 0.1) is 5.92 Å². The fourth-order valence-corrected chi connectivity index (χ4v) is 0.354. The fraction of sp³-hybridized carbons (Fsp3) is 0.800. The average molecular weight is 156 g/mol. The van der Waals surface area contributed by atoms with Gasteiger partial charge in [-0.1, -0.05) is 0 Å². The molecule has 60 valence electrons. The number of alkyl halides is 3. The predicted octanol–water partition coefficient (Wildman–Crippen LogP) is 1.31. The van der Waals surface area contributed by atoms with Crippen molar-refractivity contribution in [3.8, 4) is 0 Å². The molecule has 0 fully saturated rings. The van der Waals surface area contributed by atoms with Crippen molar-refractivity contribution < 1.29 is 23.1 Å². The minimum atomic E-state index is -3.22. The number of halogens is 3. The van der Waals surface area contributed by atoms with Crippen LogP contribution in [0.4, 0.5) is 13.2 Å². The summed E-state index contributed by atoms with van der Waals surface area (Å²) in [6.07, 6.45) is -5.79. The molecule has 10 heavy (non-hydrogen) atoms. The van der Waals surface area contributed by atoms with Crippen molar-refractivity contribution in [2.24, 2.45) is 5.92 Å². The van der Waals surface area contributed by atoms with Gasteiger partial charge >= 0.3 is 5.97 Å². The number of hydrogen-bond acceptors (Lipinski definition) is 1. The van der Waals surface area contributed by atoms with Gasteiger partial charge in [0.2, 0.25) is 0 Å². The summed E-state index contributed by atoms with van der Waals surface area (Å²) in [5.74, 6) is -3.19. The van der Waals surface area contributed by atoms with Gasteiger partial charge in [-0.15, -0.1) is 0 Å². The van der Waals surface area contributed by atoms with Crippen LogP contribution >= 0.6 is 0 Å². The first-order valence-electron chi connectivity index (χ1n) is 2.62. The van der Waals surface area contributed by atoms with Gasteiger partial charge in [-0.2, -0.15) is 0 Å². The van der Waals surface area contributed by atoms with E-state index in [9.17, 15) is 18.0 Å². The molecule has 0 amide bonds. The summed E-state index contributed by atoms with van der Waals surface area (Å²) in [6.45, 7) is 0.902. The molecule has 2 unspecified atom stereocenters. The second-order valence-corrected chi connectivity index (χ2v) is 1.91. The summed E-state index contributed by atoms with van der Waals surface area (Å²) >= 11 is 0. The Kier molecular flexibility index (Phi) is 3.18. The van der Waals surface area contributed by atoms with Crippen molar-refractivity contribution >= 4 is 5.97 Å². The summed E-state index contributed by atoms with van der Waals surface area (Å²) in [6, 6.07) is 0. The van der Waals surface area contributed by atoms with Gasteiger partial charge in [0.15, 0.2) is 6.17 Å². The molecule has 0 aromatic rings. The van der Waals surface area contributed by atoms with Gasteiger partial charge in [0.1, 0.15) is 0 Å². The first kappa shape index (κ1) is 9.26. The number of hydrogen-bond donors (Lipinski definition) is 1. The molecule has 5 heteroatoms. The molecule has 0 saturated carbocycles. The Labute approximate surface area is 55.7 Å². The molecule has 0 saturated heterocycles. The highest BCUT2D eigenvalue weighted by Crippen LogP contribution is 2.15. The Hall–Kier alpha value is -0.740. The predicted molar refractivity (Wildman–Crippen MR) is 27.7 cm³/mol. The summed E-state index contributed by atoms with van der Waals surface area (Å²) in [5.41, 5.74) is 0. The molecule has 0 bridgehead atoms. The van der Waals surface area contributed by atoms with Gasteiger partial charge in [0.25, 0.3) is 6.43 Å². The third-order valence-electron chi connectivity index (χ3n) is 1.11. The summed E-state index contributed by atoms with van der Waals surface area (Å²) in [7, 11) is 0. The van der Waals surface area contributed by atoms with Crippen molar-refractivity contribution in [1.29, 1.82) is 0 Å². The van der Waals surface area contributed by atoms with Gasteiger partial charge in [-0.3, -0.25) is 4.79 Å². The third kappa shape index (κ3) is 2.24. The van der Waals surface area contributed by atoms with Crippen LogP contribution in [0.5, 0.6) is 0 Å². The van der Waals surface area contributed by atoms with Gasteiger partial charge < -0.3 is 5.11 Å². The normalized spacial score (nSPS) is 16.9. The van der Waals surface area contributed by atoms with E-state index in [0.717, 1.165) is 6.92 Å². The Morgan fingerprint density at radius 2 is 1.80 bits per heavy atom. The Balaban J connectivity index is 3.94. The Bertz CT molecular complexity index is 126. The molecule has 0 aliphatic rings. The molecule has 0 spiro atoms. The van der Waals surface area contributed by atoms with E-state index in [-0.39, 0.29) is 0 Å². The van der Waals surface area contributed by atoms with E-state index in [4.69, 9.17) is 5.11 Å². The van der Waals surface area contributed by atoms with Crippen LogP contribution in [0.15, 0.2) is 0 Å². The highest BCUT2D eigenvalue weighted by molar-refractivity contribution is 5.70. The second-order valence-electron chi connectivity index (χ2n) is 1.91. The third-order valence-corrected chi connectivity index (χ3v) is 1.11. The minimum Gasteiger partial charge on any atom is -0.481 e. The lowest BCUT2D eigenvalue weighted by Crippen LogP contribution is -2.27. The zero-order valence-corrected chi connectivity index (χ0v) is 5.22. The molecule has 0 aromatic heterocycles. The summed E-state index contributed by atoms with van der Waals surface area (Å²) in [5, 5.41) is 8.03. The van der Waals surface area contributed by atoms with E-state index in [2.05, 4.69) is 0 Å². The molecular formula is C5H7F3O2. The molecule has 0 aliphatic carbocycles. The highest BCUT2D eigenvalue weighted by atomic mass is 19.3. The second kappa shape index (κ2) is 3.43. The minimum absolute atomic E-state index is 0.902. The zero-order chi connectivity index (χ0) is 8.31. The van der Waals surface area contributed by atoms with Crippen molar-refractivity contribution in [3.63, 3.8) is 0 Å². The van der Waals surface area contributed by atoms with Gasteiger partial charge in [-0.05, 0) is 6.92 Å². The molecular weight excluding hydrogens is 149 g/mol. The molecule has 2 atom stereocenters. The first-order valence-corrected chi connectivity index (χ1v) is 2.62. The fourth-order valence-electron chi connectivity index (χ4n) is 0.354. The number of aliphatic carboxylic acids is 1. The summed E-state index contributed by atoms with van der Waals surface area (Å²) in [4.78, 5) is 9.87. The van der Waals surface area contributed by atoms with E-state index in [1.165, 1.54) is 0 Å². The van der Waals surface area contributed by atoms with Crippen LogP contribution in [0.3, 0.4) is 0 Å². The van der Waals surface area contributed by atoms with Crippen molar-refractivity contribution in [2.75, 3.05) is 0 Å². The lowest BCUT2D eigenvalue weighted by molar-refractivity contribution is -0.146. The Morgan fingerprint density at radius 1 is 1.40 bits per heavy atom. The number of rotatable bonds is 3. The Morgan fingerprint density at radius 3 is 1.90 bits per heavy atom. The van der Waals surface area contributed by atoms with Crippen molar-refractivity contribution in [3.05, 3.63) is 0 Å². The van der Waals surface area contributed by atoms with Crippen LogP contribution in [0.2, 0.25) is 0 Å². The highest BCUT2D eigenvalue weighted by Gasteiger charge is 2.30. The largest absolute Gasteiger partial charge is 0.481 e. The van der Waals surface area contributed by atoms with E-state index in [1.54, 1.807) is 0 Å². The average Bonchev–Trinajstić information content (AvgIpc) is 1.84. The standard InChI is InChI=1S/C5H7F3O2/c1-2(5(9)10)3(6)4(7)8/h2-4H,1H3,(H,9,10). The summed E-state index contributed by atoms with van der Waals surface area (Å²) < 4.78 is 34.8. The topological polar surface area (TPSA) is 37.3 Å². The maximum Gasteiger partial charge on any atom is 0.309 e. The molecule has 0 aromatic carbocycles. The maximum atomic E-state index is 12.0. The molecule has 2 nitrogen and oxygen atoms in total. The van der Waals surface area contributed by atoms with E-state index in [0.29, 0.717) is 0 Å². The van der Waals surface area contributed by atoms with Crippen LogP contribution < -0.4 is 0 Å². The molecule has 1 N–H and O–H groups in total. The van der Waals surface area contributed by atoms with Crippen LogP contribution in [-0.4, -0.2) is 23.7 Å². The van der Waals surface area contributed by atoms with Gasteiger partial charge in [-0.25, -0.2) is 13.2 Å². The molecule has 0 heterocycles.